The van der Waals surface area contributed by atoms with Gasteiger partial charge in [-0.25, -0.2) is 9.59 Å². The number of alkyl carbamates (subject to hydrolysis) is 1. The summed E-state index contributed by atoms with van der Waals surface area (Å²) in [7, 11) is 0. The van der Waals surface area contributed by atoms with Crippen molar-refractivity contribution >= 4 is 12.1 Å². The van der Waals surface area contributed by atoms with E-state index in [-0.39, 0.29) is 18.9 Å². The highest BCUT2D eigenvalue weighted by atomic mass is 16.5. The van der Waals surface area contributed by atoms with Gasteiger partial charge in [0.25, 0.3) is 0 Å². The number of nitrogens with two attached hydrogens (primary N) is 2. The van der Waals surface area contributed by atoms with Crippen molar-refractivity contribution in [3.05, 3.63) is 59.7 Å². The van der Waals surface area contributed by atoms with Crippen molar-refractivity contribution in [1.82, 2.24) is 5.32 Å². The maximum atomic E-state index is 12.0. The van der Waals surface area contributed by atoms with E-state index in [4.69, 9.17) is 21.3 Å². The Balaban J connectivity index is 1.70. The summed E-state index contributed by atoms with van der Waals surface area (Å²) in [4.78, 5) is 23.2. The fraction of sp³-hybridized carbons (Fsp3) is 0.263. The van der Waals surface area contributed by atoms with E-state index in [0.717, 1.165) is 22.3 Å². The van der Waals surface area contributed by atoms with Gasteiger partial charge in [-0.1, -0.05) is 48.5 Å². The van der Waals surface area contributed by atoms with Crippen LogP contribution in [0.1, 0.15) is 23.5 Å². The van der Waals surface area contributed by atoms with Gasteiger partial charge < -0.3 is 26.6 Å². The summed E-state index contributed by atoms with van der Waals surface area (Å²) in [5.41, 5.74) is 15.2. The summed E-state index contributed by atoms with van der Waals surface area (Å²) in [6, 6.07) is 14.7. The molecule has 1 atom stereocenters. The molecule has 0 fully saturated rings. The normalized spacial score (nSPS) is 13.8. The van der Waals surface area contributed by atoms with Crippen LogP contribution in [0.3, 0.4) is 0 Å². The molecule has 6 N–H and O–H groups in total. The van der Waals surface area contributed by atoms with E-state index in [0.29, 0.717) is 0 Å². The van der Waals surface area contributed by atoms with E-state index < -0.39 is 24.3 Å². The van der Waals surface area contributed by atoms with E-state index in [2.05, 4.69) is 5.32 Å². The minimum atomic E-state index is -1.21. The quantitative estimate of drug-likeness (QED) is 0.583. The third-order valence-electron chi connectivity index (χ3n) is 4.44. The molecule has 0 spiro atoms. The lowest BCUT2D eigenvalue weighted by Crippen LogP contribution is -2.47. The molecular formula is C19H21N3O4. The Morgan fingerprint density at radius 1 is 1.04 bits per heavy atom. The number of fused-ring (bicyclic) bond motifs is 3. The number of carboxylic acids is 1. The van der Waals surface area contributed by atoms with E-state index in [1.165, 1.54) is 0 Å². The highest BCUT2D eigenvalue weighted by molar-refractivity contribution is 5.81. The summed E-state index contributed by atoms with van der Waals surface area (Å²) in [5.74, 6) is -1.30. The van der Waals surface area contributed by atoms with Crippen LogP contribution in [0.25, 0.3) is 11.1 Å². The first-order valence-corrected chi connectivity index (χ1v) is 8.33. The van der Waals surface area contributed by atoms with Crippen LogP contribution < -0.4 is 16.8 Å². The molecule has 0 bridgehead atoms. The first-order valence-electron chi connectivity index (χ1n) is 8.33. The van der Waals surface area contributed by atoms with Crippen molar-refractivity contribution in [2.24, 2.45) is 11.5 Å². The molecule has 3 rings (SSSR count). The van der Waals surface area contributed by atoms with Crippen LogP contribution in [-0.4, -0.2) is 36.0 Å². The number of hydrogen-bond donors (Lipinski definition) is 4. The lowest BCUT2D eigenvalue weighted by molar-refractivity contribution is -0.139. The summed E-state index contributed by atoms with van der Waals surface area (Å²) in [5, 5.41) is 11.4. The van der Waals surface area contributed by atoms with Gasteiger partial charge in [-0.15, -0.1) is 0 Å². The van der Waals surface area contributed by atoms with Crippen LogP contribution in [0.2, 0.25) is 0 Å². The molecule has 0 aliphatic heterocycles. The van der Waals surface area contributed by atoms with Crippen molar-refractivity contribution in [1.29, 1.82) is 0 Å². The number of carbonyl (C=O) groups is 2. The summed E-state index contributed by atoms with van der Waals surface area (Å²) in [6.07, 6.45) is -1.73. The maximum absolute atomic E-state index is 12.0. The zero-order valence-electron chi connectivity index (χ0n) is 14.1. The topological polar surface area (TPSA) is 128 Å². The second-order valence-corrected chi connectivity index (χ2v) is 6.26. The third-order valence-corrected chi connectivity index (χ3v) is 4.44. The molecule has 2 aromatic carbocycles. The van der Waals surface area contributed by atoms with Gasteiger partial charge in [0.15, 0.2) is 0 Å². The lowest BCUT2D eigenvalue weighted by atomic mass is 9.98. The molecule has 136 valence electrons. The van der Waals surface area contributed by atoms with Gasteiger partial charge in [0, 0.05) is 12.3 Å². The second-order valence-electron chi connectivity index (χ2n) is 6.26. The van der Waals surface area contributed by atoms with Crippen molar-refractivity contribution in [3.8, 4) is 11.1 Å². The minimum Gasteiger partial charge on any atom is -0.480 e. The Morgan fingerprint density at radius 3 is 2.08 bits per heavy atom. The summed E-state index contributed by atoms with van der Waals surface area (Å²) >= 11 is 0. The number of ether oxygens (including phenoxy) is 1. The number of aliphatic carboxylic acids is 1. The van der Waals surface area contributed by atoms with Gasteiger partial charge in [-0.2, -0.15) is 0 Å². The number of rotatable bonds is 6. The summed E-state index contributed by atoms with van der Waals surface area (Å²) in [6.45, 7) is 0.112. The third kappa shape index (κ3) is 3.68. The molecule has 0 unspecified atom stereocenters. The Hall–Kier alpha value is -2.90. The molecule has 7 nitrogen and oxygen atoms in total. The molecule has 26 heavy (non-hydrogen) atoms. The molecule has 2 aromatic rings. The first kappa shape index (κ1) is 17.9. The highest BCUT2D eigenvalue weighted by Crippen LogP contribution is 2.44. The van der Waals surface area contributed by atoms with Crippen molar-refractivity contribution in [2.45, 2.75) is 24.5 Å². The zero-order chi connectivity index (χ0) is 18.7. The zero-order valence-corrected chi connectivity index (χ0v) is 14.1. The molecule has 0 saturated heterocycles. The SMILES string of the molecule is NC(N)C[C@H](NC(=O)OCC1c2ccccc2-c2ccccc21)C(=O)O. The van der Waals surface area contributed by atoms with Gasteiger partial charge in [0.05, 0.1) is 6.17 Å². The van der Waals surface area contributed by atoms with Crippen LogP contribution in [0.4, 0.5) is 4.79 Å². The number of hydrogen-bond acceptors (Lipinski definition) is 5. The molecular weight excluding hydrogens is 334 g/mol. The number of benzene rings is 2. The fourth-order valence-corrected chi connectivity index (χ4v) is 3.28. The Bertz CT molecular complexity index is 776. The van der Waals surface area contributed by atoms with E-state index in [1.807, 2.05) is 48.5 Å². The van der Waals surface area contributed by atoms with Crippen LogP contribution in [0, 0.1) is 0 Å². The van der Waals surface area contributed by atoms with Crippen molar-refractivity contribution < 1.29 is 19.4 Å². The largest absolute Gasteiger partial charge is 0.480 e. The predicted molar refractivity (Wildman–Crippen MR) is 96.4 cm³/mol. The van der Waals surface area contributed by atoms with Gasteiger partial charge in [-0.05, 0) is 22.3 Å². The molecule has 0 saturated carbocycles. The van der Waals surface area contributed by atoms with E-state index in [9.17, 15) is 9.59 Å². The van der Waals surface area contributed by atoms with Crippen LogP contribution in [0.5, 0.6) is 0 Å². The fourth-order valence-electron chi connectivity index (χ4n) is 3.28. The number of nitrogens with one attached hydrogen (secondary N) is 1. The standard InChI is InChI=1S/C19H21N3O4/c20-17(21)9-16(18(23)24)22-19(25)26-10-15-13-7-3-1-5-11(13)12-6-2-4-8-14(12)15/h1-8,15-17H,9-10,20-21H2,(H,22,25)(H,23,24)/t16-/m0/s1. The highest BCUT2D eigenvalue weighted by Gasteiger charge is 2.29. The Kier molecular flexibility index (Phi) is 5.20. The minimum absolute atomic E-state index is 0.0838. The van der Waals surface area contributed by atoms with E-state index in [1.54, 1.807) is 0 Å². The molecule has 1 aliphatic rings. The van der Waals surface area contributed by atoms with Crippen molar-refractivity contribution in [2.75, 3.05) is 6.61 Å². The molecule has 0 heterocycles. The molecule has 0 aromatic heterocycles. The van der Waals surface area contributed by atoms with Crippen LogP contribution in [0.15, 0.2) is 48.5 Å². The molecule has 0 radical (unpaired) electrons. The number of carbonyl (C=O) groups excluding carboxylic acids is 1. The average molecular weight is 355 g/mol. The van der Waals surface area contributed by atoms with Gasteiger partial charge >= 0.3 is 12.1 Å². The van der Waals surface area contributed by atoms with Crippen LogP contribution >= 0.6 is 0 Å². The number of amides is 1. The van der Waals surface area contributed by atoms with Gasteiger partial charge in [0.2, 0.25) is 0 Å². The van der Waals surface area contributed by atoms with Gasteiger partial charge in [-0.3, -0.25) is 0 Å². The monoisotopic (exact) mass is 355 g/mol. The van der Waals surface area contributed by atoms with E-state index >= 15 is 0 Å². The van der Waals surface area contributed by atoms with Crippen molar-refractivity contribution in [3.63, 3.8) is 0 Å². The smallest absolute Gasteiger partial charge is 0.407 e. The average Bonchev–Trinajstić information content (AvgIpc) is 2.93. The number of carboxylic acid groups (broad SMARTS) is 1. The molecule has 1 amide bonds. The molecule has 7 heteroatoms. The predicted octanol–water partition coefficient (Wildman–Crippen LogP) is 1.61. The van der Waals surface area contributed by atoms with Crippen LogP contribution in [-0.2, 0) is 9.53 Å². The molecule has 1 aliphatic carbocycles. The summed E-state index contributed by atoms with van der Waals surface area (Å²) < 4.78 is 5.31. The lowest BCUT2D eigenvalue weighted by Gasteiger charge is -2.18. The first-order chi connectivity index (χ1) is 12.5. The second kappa shape index (κ2) is 7.55. The Labute approximate surface area is 150 Å². The Morgan fingerprint density at radius 2 is 1.58 bits per heavy atom. The maximum Gasteiger partial charge on any atom is 0.407 e. The van der Waals surface area contributed by atoms with Gasteiger partial charge in [0.1, 0.15) is 12.6 Å².